The van der Waals surface area contributed by atoms with Gasteiger partial charge in [-0.15, -0.1) is 0 Å². The van der Waals surface area contributed by atoms with E-state index >= 15 is 0 Å². The van der Waals surface area contributed by atoms with Crippen LogP contribution in [0.2, 0.25) is 0 Å². The van der Waals surface area contributed by atoms with Crippen LogP contribution in [0.25, 0.3) is 0 Å². The maximum atomic E-state index is 12.1. The van der Waals surface area contributed by atoms with Gasteiger partial charge in [-0.25, -0.2) is 0 Å². The number of nitrogens with one attached hydrogen (secondary N) is 1. The van der Waals surface area contributed by atoms with Crippen molar-refractivity contribution in [3.8, 4) is 17.6 Å². The zero-order chi connectivity index (χ0) is 18.9. The highest BCUT2D eigenvalue weighted by atomic mass is 79.9. The van der Waals surface area contributed by atoms with E-state index in [4.69, 9.17) is 14.7 Å². The summed E-state index contributed by atoms with van der Waals surface area (Å²) in [6, 6.07) is 14.8. The van der Waals surface area contributed by atoms with E-state index in [1.807, 2.05) is 31.2 Å². The van der Waals surface area contributed by atoms with Crippen molar-refractivity contribution in [1.29, 1.82) is 5.26 Å². The molecule has 2 rings (SSSR count). The monoisotopic (exact) mass is 416 g/mol. The highest BCUT2D eigenvalue weighted by Gasteiger charge is 2.12. The van der Waals surface area contributed by atoms with E-state index < -0.39 is 0 Å². The zero-order valence-electron chi connectivity index (χ0n) is 14.8. The minimum Gasteiger partial charge on any atom is -0.493 e. The van der Waals surface area contributed by atoms with Crippen LogP contribution in [0.15, 0.2) is 46.9 Å². The molecule has 0 radical (unpaired) electrons. The van der Waals surface area contributed by atoms with E-state index in [0.717, 1.165) is 10.0 Å². The summed E-state index contributed by atoms with van der Waals surface area (Å²) in [5, 5.41) is 11.9. The van der Waals surface area contributed by atoms with Crippen molar-refractivity contribution in [1.82, 2.24) is 5.32 Å². The summed E-state index contributed by atoms with van der Waals surface area (Å²) in [5.41, 5.74) is 1.55. The van der Waals surface area contributed by atoms with Gasteiger partial charge in [0.15, 0.2) is 11.5 Å². The molecule has 136 valence electrons. The second-order valence-corrected chi connectivity index (χ2v) is 6.59. The number of amides is 1. The van der Waals surface area contributed by atoms with E-state index in [9.17, 15) is 4.79 Å². The number of nitriles is 1. The molecular formula is C20H21BrN2O3. The average Bonchev–Trinajstić information content (AvgIpc) is 2.65. The predicted molar refractivity (Wildman–Crippen MR) is 103 cm³/mol. The number of hydrogen-bond acceptors (Lipinski definition) is 4. The van der Waals surface area contributed by atoms with Crippen LogP contribution in [-0.4, -0.2) is 19.6 Å². The van der Waals surface area contributed by atoms with Crippen LogP contribution in [0.4, 0.5) is 0 Å². The van der Waals surface area contributed by atoms with Crippen molar-refractivity contribution in [3.05, 3.63) is 58.1 Å². The number of benzene rings is 2. The first-order valence-electron chi connectivity index (χ1n) is 8.30. The van der Waals surface area contributed by atoms with Gasteiger partial charge in [-0.3, -0.25) is 4.79 Å². The molecule has 1 atom stereocenters. The van der Waals surface area contributed by atoms with E-state index in [0.29, 0.717) is 36.5 Å². The Hall–Kier alpha value is -2.52. The molecule has 1 amide bonds. The van der Waals surface area contributed by atoms with Crippen LogP contribution in [0.1, 0.15) is 36.9 Å². The Balaban J connectivity index is 1.79. The molecule has 2 aromatic rings. The van der Waals surface area contributed by atoms with Gasteiger partial charge >= 0.3 is 0 Å². The summed E-state index contributed by atoms with van der Waals surface area (Å²) < 4.78 is 11.9. The van der Waals surface area contributed by atoms with Gasteiger partial charge in [-0.05, 0) is 37.1 Å². The molecule has 2 aromatic carbocycles. The largest absolute Gasteiger partial charge is 0.493 e. The molecule has 0 saturated heterocycles. The third-order valence-electron chi connectivity index (χ3n) is 3.85. The number of rotatable bonds is 8. The number of hydrogen-bond donors (Lipinski definition) is 1. The molecule has 26 heavy (non-hydrogen) atoms. The number of ether oxygens (including phenoxy) is 2. The molecule has 0 aliphatic carbocycles. The second-order valence-electron chi connectivity index (χ2n) is 5.74. The number of nitrogens with zero attached hydrogens (tertiary/aromatic N) is 1. The first-order valence-corrected chi connectivity index (χ1v) is 9.09. The summed E-state index contributed by atoms with van der Waals surface area (Å²) >= 11 is 3.50. The van der Waals surface area contributed by atoms with E-state index in [1.54, 1.807) is 18.2 Å². The Morgan fingerprint density at radius 2 is 2.04 bits per heavy atom. The van der Waals surface area contributed by atoms with Gasteiger partial charge in [0.05, 0.1) is 31.4 Å². The van der Waals surface area contributed by atoms with Crippen molar-refractivity contribution >= 4 is 21.8 Å². The SMILES string of the molecule is COc1cc(C#N)ccc1OCCCC(=O)NC(C)c1ccccc1Br. The fourth-order valence-corrected chi connectivity index (χ4v) is 3.12. The first-order chi connectivity index (χ1) is 12.5. The molecule has 0 fully saturated rings. The molecule has 0 aliphatic rings. The van der Waals surface area contributed by atoms with Crippen molar-refractivity contribution < 1.29 is 14.3 Å². The van der Waals surface area contributed by atoms with Gasteiger partial charge in [0.25, 0.3) is 0 Å². The number of carbonyl (C=O) groups is 1. The smallest absolute Gasteiger partial charge is 0.220 e. The lowest BCUT2D eigenvalue weighted by Gasteiger charge is -2.16. The molecule has 6 heteroatoms. The number of halogens is 1. The van der Waals surface area contributed by atoms with Crippen LogP contribution in [0, 0.1) is 11.3 Å². The normalized spacial score (nSPS) is 11.3. The Bertz CT molecular complexity index is 802. The second kappa shape index (κ2) is 9.83. The lowest BCUT2D eigenvalue weighted by molar-refractivity contribution is -0.121. The minimum absolute atomic E-state index is 0.0244. The summed E-state index contributed by atoms with van der Waals surface area (Å²) in [7, 11) is 1.53. The third kappa shape index (κ3) is 5.50. The number of methoxy groups -OCH3 is 1. The van der Waals surface area contributed by atoms with Crippen molar-refractivity contribution in [2.75, 3.05) is 13.7 Å². The van der Waals surface area contributed by atoms with Crippen molar-refractivity contribution in [2.24, 2.45) is 0 Å². The standard InChI is InChI=1S/C20H21BrN2O3/c1-14(16-6-3-4-7-17(16)21)23-20(24)8-5-11-26-18-10-9-15(13-22)12-19(18)25-2/h3-4,6-7,9-10,12,14H,5,8,11H2,1-2H3,(H,23,24). The van der Waals surface area contributed by atoms with Gasteiger partial charge in [-0.2, -0.15) is 5.26 Å². The van der Waals surface area contributed by atoms with E-state index in [2.05, 4.69) is 27.3 Å². The van der Waals surface area contributed by atoms with Gasteiger partial charge in [0.2, 0.25) is 5.91 Å². The van der Waals surface area contributed by atoms with Crippen molar-refractivity contribution in [2.45, 2.75) is 25.8 Å². The fraction of sp³-hybridized carbons (Fsp3) is 0.300. The molecule has 0 spiro atoms. The maximum absolute atomic E-state index is 12.1. The molecule has 0 bridgehead atoms. The molecule has 0 heterocycles. The Morgan fingerprint density at radius 3 is 2.73 bits per heavy atom. The quantitative estimate of drug-likeness (QED) is 0.648. The molecule has 1 unspecified atom stereocenters. The lowest BCUT2D eigenvalue weighted by atomic mass is 10.1. The molecular weight excluding hydrogens is 396 g/mol. The minimum atomic E-state index is -0.0717. The summed E-state index contributed by atoms with van der Waals surface area (Å²) in [6.07, 6.45) is 0.949. The summed E-state index contributed by atoms with van der Waals surface area (Å²) in [4.78, 5) is 12.1. The van der Waals surface area contributed by atoms with E-state index in [1.165, 1.54) is 7.11 Å². The number of carbonyl (C=O) groups excluding carboxylic acids is 1. The molecule has 1 N–H and O–H groups in total. The van der Waals surface area contributed by atoms with Crippen molar-refractivity contribution in [3.63, 3.8) is 0 Å². The maximum Gasteiger partial charge on any atom is 0.220 e. The van der Waals surface area contributed by atoms with Crippen LogP contribution in [0.3, 0.4) is 0 Å². The van der Waals surface area contributed by atoms with Crippen LogP contribution < -0.4 is 14.8 Å². The molecule has 0 aromatic heterocycles. The predicted octanol–water partition coefficient (Wildman–Crippen LogP) is 4.37. The zero-order valence-corrected chi connectivity index (χ0v) is 16.4. The van der Waals surface area contributed by atoms with Gasteiger partial charge in [0, 0.05) is 17.0 Å². The topological polar surface area (TPSA) is 71.3 Å². The lowest BCUT2D eigenvalue weighted by Crippen LogP contribution is -2.27. The summed E-state index contributed by atoms with van der Waals surface area (Å²) in [6.45, 7) is 2.34. The van der Waals surface area contributed by atoms with Gasteiger partial charge in [0.1, 0.15) is 0 Å². The fourth-order valence-electron chi connectivity index (χ4n) is 2.49. The molecule has 5 nitrogen and oxygen atoms in total. The highest BCUT2D eigenvalue weighted by Crippen LogP contribution is 2.28. The molecule has 0 saturated carbocycles. The molecule has 0 aliphatic heterocycles. The Labute approximate surface area is 162 Å². The van der Waals surface area contributed by atoms with Gasteiger partial charge in [-0.1, -0.05) is 34.1 Å². The third-order valence-corrected chi connectivity index (χ3v) is 4.57. The van der Waals surface area contributed by atoms with Gasteiger partial charge < -0.3 is 14.8 Å². The Kier molecular flexibility index (Phi) is 7.49. The highest BCUT2D eigenvalue weighted by molar-refractivity contribution is 9.10. The Morgan fingerprint density at radius 1 is 1.27 bits per heavy atom. The summed E-state index contributed by atoms with van der Waals surface area (Å²) in [5.74, 6) is 1.05. The first kappa shape index (κ1) is 19.8. The van der Waals surface area contributed by atoms with Crippen LogP contribution in [0.5, 0.6) is 11.5 Å². The average molecular weight is 417 g/mol. The van der Waals surface area contributed by atoms with Crippen LogP contribution >= 0.6 is 15.9 Å². The van der Waals surface area contributed by atoms with Crippen LogP contribution in [-0.2, 0) is 4.79 Å². The van der Waals surface area contributed by atoms with E-state index in [-0.39, 0.29) is 11.9 Å².